The monoisotopic (exact) mass is 539 g/mol. The lowest BCUT2D eigenvalue weighted by atomic mass is 9.88. The SMILES string of the molecule is C[C@H]1CCCN1C(=O)c1nc(C(=O)N[C@H](C)C(C)(C)C)sc1-c1cnc(NC(C)(C)C)cc1C(F)(F)F. The Bertz CT molecular complexity index is 1160. The van der Waals surface area contributed by atoms with Crippen LogP contribution in [-0.2, 0) is 6.18 Å². The number of thiazole rings is 1. The molecule has 1 aliphatic heterocycles. The smallest absolute Gasteiger partial charge is 0.365 e. The van der Waals surface area contributed by atoms with Crippen LogP contribution in [0.5, 0.6) is 0 Å². The average molecular weight is 540 g/mol. The number of nitrogens with one attached hydrogen (secondary N) is 2. The van der Waals surface area contributed by atoms with Crippen molar-refractivity contribution in [3.63, 3.8) is 0 Å². The molecule has 0 bridgehead atoms. The van der Waals surface area contributed by atoms with Crippen LogP contribution in [0.25, 0.3) is 10.4 Å². The summed E-state index contributed by atoms with van der Waals surface area (Å²) in [5.41, 5.74) is -2.14. The zero-order valence-electron chi connectivity index (χ0n) is 22.6. The molecule has 0 unspecified atom stereocenters. The second kappa shape index (κ2) is 10.2. The summed E-state index contributed by atoms with van der Waals surface area (Å²) in [6.45, 7) is 15.6. The lowest BCUT2D eigenvalue weighted by molar-refractivity contribution is -0.137. The van der Waals surface area contributed by atoms with Gasteiger partial charge < -0.3 is 15.5 Å². The number of halogens is 3. The van der Waals surface area contributed by atoms with Crippen LogP contribution < -0.4 is 10.6 Å². The van der Waals surface area contributed by atoms with Crippen LogP contribution in [0.15, 0.2) is 12.3 Å². The molecule has 2 atom stereocenters. The van der Waals surface area contributed by atoms with E-state index >= 15 is 0 Å². The summed E-state index contributed by atoms with van der Waals surface area (Å²) < 4.78 is 42.8. The zero-order valence-corrected chi connectivity index (χ0v) is 23.4. The first kappa shape index (κ1) is 28.9. The van der Waals surface area contributed by atoms with Gasteiger partial charge in [0.25, 0.3) is 11.8 Å². The van der Waals surface area contributed by atoms with Crippen molar-refractivity contribution in [2.75, 3.05) is 11.9 Å². The van der Waals surface area contributed by atoms with Gasteiger partial charge in [-0.2, -0.15) is 13.2 Å². The van der Waals surface area contributed by atoms with Crippen molar-refractivity contribution >= 4 is 29.0 Å². The first-order valence-electron chi connectivity index (χ1n) is 12.4. The lowest BCUT2D eigenvalue weighted by Gasteiger charge is -2.27. The summed E-state index contributed by atoms with van der Waals surface area (Å²) in [5.74, 6) is -0.954. The minimum Gasteiger partial charge on any atom is -0.365 e. The highest BCUT2D eigenvalue weighted by Gasteiger charge is 2.38. The molecule has 1 aliphatic rings. The maximum atomic E-state index is 14.3. The Morgan fingerprint density at radius 1 is 1.16 bits per heavy atom. The molecule has 0 saturated carbocycles. The largest absolute Gasteiger partial charge is 0.417 e. The topological polar surface area (TPSA) is 87.2 Å². The summed E-state index contributed by atoms with van der Waals surface area (Å²) in [6, 6.07) is 0.633. The predicted octanol–water partition coefficient (Wildman–Crippen LogP) is 6.22. The van der Waals surface area contributed by atoms with Crippen molar-refractivity contribution in [2.24, 2.45) is 5.41 Å². The number of carbonyl (C=O) groups excluding carboxylic acids is 2. The van der Waals surface area contributed by atoms with Crippen LogP contribution in [0.2, 0.25) is 0 Å². The number of pyridine rings is 1. The molecular weight excluding hydrogens is 503 g/mol. The van der Waals surface area contributed by atoms with Gasteiger partial charge in [-0.05, 0) is 58.9 Å². The molecule has 0 radical (unpaired) electrons. The maximum absolute atomic E-state index is 14.3. The molecule has 2 aromatic rings. The molecule has 1 fully saturated rings. The highest BCUT2D eigenvalue weighted by atomic mass is 32.1. The van der Waals surface area contributed by atoms with Gasteiger partial charge in [-0.1, -0.05) is 20.8 Å². The summed E-state index contributed by atoms with van der Waals surface area (Å²) >= 11 is 0.780. The first-order chi connectivity index (χ1) is 16.9. The van der Waals surface area contributed by atoms with Gasteiger partial charge in [0.05, 0.1) is 10.4 Å². The number of likely N-dealkylation sites (tertiary alicyclic amines) is 1. The second-order valence-electron chi connectivity index (χ2n) is 11.7. The average Bonchev–Trinajstić information content (AvgIpc) is 3.37. The standard InChI is InChI=1S/C26H36F3N5O2S/c1-14-10-9-11-34(14)23(36)19-20(37-22(32-19)21(35)31-15(2)24(3,4)5)16-13-30-18(33-25(6,7)8)12-17(16)26(27,28)29/h12-15H,9-11H2,1-8H3,(H,30,33)(H,31,35)/t14-,15+/m0/s1. The van der Waals surface area contributed by atoms with Crippen LogP contribution in [0, 0.1) is 5.41 Å². The molecule has 3 heterocycles. The molecule has 11 heteroatoms. The number of aromatic nitrogens is 2. The minimum atomic E-state index is -4.72. The number of anilines is 1. The molecule has 3 rings (SSSR count). The second-order valence-corrected chi connectivity index (χ2v) is 12.7. The van der Waals surface area contributed by atoms with E-state index in [-0.39, 0.29) is 44.5 Å². The van der Waals surface area contributed by atoms with E-state index in [4.69, 9.17) is 0 Å². The highest BCUT2D eigenvalue weighted by Crippen LogP contribution is 2.42. The van der Waals surface area contributed by atoms with Crippen LogP contribution in [0.4, 0.5) is 19.0 Å². The van der Waals surface area contributed by atoms with Gasteiger partial charge in [-0.3, -0.25) is 9.59 Å². The number of amides is 2. The quantitative estimate of drug-likeness (QED) is 0.471. The minimum absolute atomic E-state index is 0.0141. The van der Waals surface area contributed by atoms with Crippen molar-refractivity contribution in [1.29, 1.82) is 0 Å². The van der Waals surface area contributed by atoms with Crippen LogP contribution >= 0.6 is 11.3 Å². The van der Waals surface area contributed by atoms with E-state index in [1.807, 2.05) is 55.4 Å². The van der Waals surface area contributed by atoms with Gasteiger partial charge in [0.2, 0.25) is 0 Å². The van der Waals surface area contributed by atoms with Gasteiger partial charge in [0.1, 0.15) is 11.5 Å². The van der Waals surface area contributed by atoms with Crippen LogP contribution in [-0.4, -0.2) is 50.8 Å². The molecule has 37 heavy (non-hydrogen) atoms. The summed E-state index contributed by atoms with van der Waals surface area (Å²) in [6.07, 6.45) is -2.02. The van der Waals surface area contributed by atoms with E-state index in [0.717, 1.165) is 36.4 Å². The fraction of sp³-hybridized carbons (Fsp3) is 0.615. The number of hydrogen-bond donors (Lipinski definition) is 2. The highest BCUT2D eigenvalue weighted by molar-refractivity contribution is 7.17. The predicted molar refractivity (Wildman–Crippen MR) is 140 cm³/mol. The van der Waals surface area contributed by atoms with E-state index in [0.29, 0.717) is 6.54 Å². The Balaban J connectivity index is 2.15. The number of rotatable bonds is 5. The fourth-order valence-electron chi connectivity index (χ4n) is 3.91. The number of carbonyl (C=O) groups is 2. The van der Waals surface area contributed by atoms with Gasteiger partial charge >= 0.3 is 6.18 Å². The maximum Gasteiger partial charge on any atom is 0.417 e. The van der Waals surface area contributed by atoms with Gasteiger partial charge in [-0.15, -0.1) is 11.3 Å². The van der Waals surface area contributed by atoms with Crippen molar-refractivity contribution in [3.8, 4) is 10.4 Å². The molecule has 2 amide bonds. The van der Waals surface area contributed by atoms with Crippen molar-refractivity contribution in [2.45, 2.75) is 92.0 Å². The molecule has 1 saturated heterocycles. The fourth-order valence-corrected chi connectivity index (χ4v) is 4.90. The van der Waals surface area contributed by atoms with E-state index < -0.39 is 29.1 Å². The Labute approximate surface area is 220 Å². The molecule has 0 aliphatic carbocycles. The van der Waals surface area contributed by atoms with Crippen LogP contribution in [0.3, 0.4) is 0 Å². The Morgan fingerprint density at radius 3 is 2.32 bits per heavy atom. The third-order valence-electron chi connectivity index (χ3n) is 6.44. The number of alkyl halides is 3. The normalized spacial score (nSPS) is 17.6. The van der Waals surface area contributed by atoms with Crippen molar-refractivity contribution in [3.05, 3.63) is 28.5 Å². The van der Waals surface area contributed by atoms with E-state index in [1.165, 1.54) is 0 Å². The van der Waals surface area contributed by atoms with Crippen molar-refractivity contribution < 1.29 is 22.8 Å². The van der Waals surface area contributed by atoms with Gasteiger partial charge in [-0.25, -0.2) is 9.97 Å². The third kappa shape index (κ3) is 6.80. The molecule has 2 aromatic heterocycles. The molecular formula is C26H36F3N5O2S. The number of hydrogen-bond acceptors (Lipinski definition) is 6. The van der Waals surface area contributed by atoms with E-state index in [2.05, 4.69) is 20.6 Å². The third-order valence-corrected chi connectivity index (χ3v) is 7.53. The Morgan fingerprint density at radius 2 is 1.81 bits per heavy atom. The van der Waals surface area contributed by atoms with E-state index in [1.54, 1.807) is 4.90 Å². The van der Waals surface area contributed by atoms with Crippen molar-refractivity contribution in [1.82, 2.24) is 20.2 Å². The first-order valence-corrected chi connectivity index (χ1v) is 13.2. The Hall–Kier alpha value is -2.69. The summed E-state index contributed by atoms with van der Waals surface area (Å²) in [5, 5.41) is 5.75. The van der Waals surface area contributed by atoms with E-state index in [9.17, 15) is 22.8 Å². The lowest BCUT2D eigenvalue weighted by Crippen LogP contribution is -2.41. The molecule has 0 aromatic carbocycles. The Kier molecular flexibility index (Phi) is 7.98. The summed E-state index contributed by atoms with van der Waals surface area (Å²) in [7, 11) is 0. The molecule has 7 nitrogen and oxygen atoms in total. The number of nitrogens with zero attached hydrogens (tertiary/aromatic N) is 3. The molecule has 2 N–H and O–H groups in total. The van der Waals surface area contributed by atoms with Gasteiger partial charge in [0.15, 0.2) is 5.01 Å². The zero-order chi connectivity index (χ0) is 27.9. The van der Waals surface area contributed by atoms with Gasteiger partial charge in [0, 0.05) is 35.9 Å². The summed E-state index contributed by atoms with van der Waals surface area (Å²) in [4.78, 5) is 36.7. The molecule has 0 spiro atoms. The molecule has 204 valence electrons. The van der Waals surface area contributed by atoms with Crippen LogP contribution in [0.1, 0.15) is 94.1 Å².